The molecule has 0 radical (unpaired) electrons. The zero-order chi connectivity index (χ0) is 11.0. The molecule has 0 aliphatic rings. The molecule has 0 aromatic rings. The van der Waals surface area contributed by atoms with E-state index in [2.05, 4.69) is 11.4 Å². The van der Waals surface area contributed by atoms with Crippen molar-refractivity contribution in [1.82, 2.24) is 0 Å². The fraction of sp³-hybridized carbons (Fsp3) is 1.00. The van der Waals surface area contributed by atoms with Gasteiger partial charge in [-0.25, -0.2) is 0 Å². The van der Waals surface area contributed by atoms with Crippen LogP contribution in [0.5, 0.6) is 0 Å². The molecule has 0 fully saturated rings. The van der Waals surface area contributed by atoms with Crippen LogP contribution in [-0.2, 0) is 9.09 Å². The zero-order valence-corrected chi connectivity index (χ0v) is 15.8. The van der Waals surface area contributed by atoms with Crippen molar-refractivity contribution in [3.05, 3.63) is 0 Å². The molecule has 7 heteroatoms. The van der Waals surface area contributed by atoms with Gasteiger partial charge in [-0.05, 0) is 18.8 Å². The molecule has 1 atom stereocenters. The molecule has 1 unspecified atom stereocenters. The third-order valence-electron chi connectivity index (χ3n) is 2.13. The molecule has 0 N–H and O–H groups in total. The van der Waals surface area contributed by atoms with E-state index in [1.807, 2.05) is 6.92 Å². The normalized spacial score (nSPS) is 12.5. The van der Waals surface area contributed by atoms with E-state index in [4.69, 9.17) is 0 Å². The first-order chi connectivity index (χ1) is 6.49. The maximum absolute atomic E-state index is 10.3. The number of hydrogen-bond donors (Lipinski definition) is 0. The van der Waals surface area contributed by atoms with E-state index >= 15 is 0 Å². The Labute approximate surface area is 143 Å². The van der Waals surface area contributed by atoms with Crippen LogP contribution in [-0.4, -0.2) is 6.61 Å². The van der Waals surface area contributed by atoms with Gasteiger partial charge in [0.1, 0.15) is 0 Å². The molecule has 4 nitrogen and oxygen atoms in total. The second-order valence-electron chi connectivity index (χ2n) is 3.54. The largest absolute Gasteiger partial charge is 1.00 e. The summed E-state index contributed by atoms with van der Waals surface area (Å²) in [5.41, 5.74) is 0. The average molecular weight is 268 g/mol. The molecule has 0 bridgehead atoms. The number of hydrogen-bond acceptors (Lipinski definition) is 4. The van der Waals surface area contributed by atoms with Gasteiger partial charge in [0.15, 0.2) is 0 Å². The summed E-state index contributed by atoms with van der Waals surface area (Å²) < 4.78 is 14.5. The quantitative estimate of drug-likeness (QED) is 0.328. The van der Waals surface area contributed by atoms with Crippen molar-refractivity contribution in [2.75, 3.05) is 6.61 Å². The Morgan fingerprint density at radius 1 is 1.12 bits per heavy atom. The summed E-state index contributed by atoms with van der Waals surface area (Å²) in [5.74, 6) is 0.205. The Bertz CT molecular complexity index is 186. The summed E-state index contributed by atoms with van der Waals surface area (Å²) in [5, 5.41) is 0. The van der Waals surface area contributed by atoms with Gasteiger partial charge in [-0.15, -0.1) is 0 Å². The number of phosphoric ester groups is 1. The van der Waals surface area contributed by atoms with Crippen molar-refractivity contribution in [1.29, 1.82) is 0 Å². The summed E-state index contributed by atoms with van der Waals surface area (Å²) in [4.78, 5) is 20.5. The van der Waals surface area contributed by atoms with Crippen LogP contribution >= 0.6 is 7.82 Å². The Hall–Kier alpha value is 2.11. The van der Waals surface area contributed by atoms with Gasteiger partial charge in [-0.3, -0.25) is 0 Å². The molecule has 0 saturated heterocycles. The molecule has 16 heavy (non-hydrogen) atoms. The summed E-state index contributed by atoms with van der Waals surface area (Å²) in [6.45, 7) is 4.17. The van der Waals surface area contributed by atoms with Crippen molar-refractivity contribution in [2.45, 2.75) is 46.0 Å². The fourth-order valence-electron chi connectivity index (χ4n) is 1.41. The first-order valence-corrected chi connectivity index (χ1v) is 6.62. The van der Waals surface area contributed by atoms with Crippen molar-refractivity contribution in [2.24, 2.45) is 5.92 Å². The molecule has 86 valence electrons. The smallest absolute Gasteiger partial charge is 0.790 e. The predicted octanol–water partition coefficient (Wildman–Crippen LogP) is -4.55. The van der Waals surface area contributed by atoms with Crippen molar-refractivity contribution in [3.63, 3.8) is 0 Å². The Morgan fingerprint density at radius 3 is 2.06 bits per heavy atom. The Balaban J connectivity index is -0.000000845. The van der Waals surface area contributed by atoms with Gasteiger partial charge in [0.05, 0.1) is 14.4 Å². The molecule has 0 heterocycles. The molecule has 0 aliphatic carbocycles. The van der Waals surface area contributed by atoms with Crippen LogP contribution in [0.2, 0.25) is 0 Å². The first kappa shape index (κ1) is 23.2. The third-order valence-corrected chi connectivity index (χ3v) is 2.60. The van der Waals surface area contributed by atoms with Crippen LogP contribution in [0.25, 0.3) is 0 Å². The minimum atomic E-state index is -4.78. The molecule has 0 rings (SSSR count). The van der Waals surface area contributed by atoms with Crippen LogP contribution in [0.4, 0.5) is 0 Å². The van der Waals surface area contributed by atoms with Crippen LogP contribution in [0, 0.1) is 5.92 Å². The van der Waals surface area contributed by atoms with Gasteiger partial charge in [0.25, 0.3) is 0 Å². The van der Waals surface area contributed by atoms with E-state index in [1.54, 1.807) is 0 Å². The van der Waals surface area contributed by atoms with E-state index in [0.29, 0.717) is 0 Å². The minimum absolute atomic E-state index is 0. The van der Waals surface area contributed by atoms with Crippen molar-refractivity contribution < 1.29 is 78.0 Å². The summed E-state index contributed by atoms with van der Waals surface area (Å²) in [6.07, 6.45) is 4.97. The van der Waals surface area contributed by atoms with Gasteiger partial charge in [0.2, 0.25) is 0 Å². The van der Waals surface area contributed by atoms with Crippen LogP contribution in [0.15, 0.2) is 0 Å². The SMILES string of the molecule is CCCCC(CCC)COP(=O)([O-])[O-].[Na+].[Na+]. The number of rotatable bonds is 8. The second kappa shape index (κ2) is 13.5. The molecule has 0 saturated carbocycles. The van der Waals surface area contributed by atoms with Gasteiger partial charge < -0.3 is 18.9 Å². The van der Waals surface area contributed by atoms with Crippen molar-refractivity contribution >= 4 is 7.82 Å². The Morgan fingerprint density at radius 2 is 1.69 bits per heavy atom. The van der Waals surface area contributed by atoms with Crippen LogP contribution in [0.1, 0.15) is 46.0 Å². The molecule has 0 aromatic heterocycles. The zero-order valence-electron chi connectivity index (χ0n) is 10.9. The fourth-order valence-corrected chi connectivity index (χ4v) is 1.80. The summed E-state index contributed by atoms with van der Waals surface area (Å²) >= 11 is 0. The van der Waals surface area contributed by atoms with E-state index < -0.39 is 7.82 Å². The van der Waals surface area contributed by atoms with E-state index in [9.17, 15) is 14.4 Å². The van der Waals surface area contributed by atoms with Gasteiger partial charge in [0, 0.05) is 0 Å². The minimum Gasteiger partial charge on any atom is -0.790 e. The summed E-state index contributed by atoms with van der Waals surface area (Å²) in [7, 11) is -4.78. The molecule has 0 spiro atoms. The predicted molar refractivity (Wildman–Crippen MR) is 51.5 cm³/mol. The second-order valence-corrected chi connectivity index (χ2v) is 4.69. The van der Waals surface area contributed by atoms with E-state index in [1.165, 1.54) is 0 Å². The molecular formula is C9H19Na2O4P. The van der Waals surface area contributed by atoms with Crippen LogP contribution < -0.4 is 68.9 Å². The average Bonchev–Trinajstić information content (AvgIpc) is 2.08. The topological polar surface area (TPSA) is 72.4 Å². The maximum atomic E-state index is 10.3. The molecule has 0 aliphatic heterocycles. The number of phosphoric acid groups is 1. The molecule has 0 aromatic carbocycles. The van der Waals surface area contributed by atoms with E-state index in [0.717, 1.165) is 32.1 Å². The third kappa shape index (κ3) is 16.1. The molecule has 0 amide bonds. The van der Waals surface area contributed by atoms with Crippen LogP contribution in [0.3, 0.4) is 0 Å². The monoisotopic (exact) mass is 268 g/mol. The van der Waals surface area contributed by atoms with Gasteiger partial charge >= 0.3 is 59.1 Å². The van der Waals surface area contributed by atoms with Gasteiger partial charge in [-0.2, -0.15) is 0 Å². The number of unbranched alkanes of at least 4 members (excludes halogenated alkanes) is 1. The Kier molecular flexibility index (Phi) is 19.7. The van der Waals surface area contributed by atoms with Gasteiger partial charge in [-0.1, -0.05) is 33.1 Å². The van der Waals surface area contributed by atoms with Crippen molar-refractivity contribution in [3.8, 4) is 0 Å². The first-order valence-electron chi connectivity index (χ1n) is 5.16. The molecular weight excluding hydrogens is 249 g/mol. The maximum Gasteiger partial charge on any atom is 1.00 e. The summed E-state index contributed by atoms with van der Waals surface area (Å²) in [6, 6.07) is 0. The van der Waals surface area contributed by atoms with E-state index in [-0.39, 0.29) is 71.6 Å². The standard InChI is InChI=1S/C9H21O4P.2Na/c1-3-5-7-9(6-4-2)8-13-14(10,11)12;;/h9H,3-8H2,1-2H3,(H2,10,11,12);;/q;2*+1/p-2.